The Morgan fingerprint density at radius 1 is 0.692 bits per heavy atom. The molecule has 26 heavy (non-hydrogen) atoms. The summed E-state index contributed by atoms with van der Waals surface area (Å²) in [5.74, 6) is 0.243. The van der Waals surface area contributed by atoms with Gasteiger partial charge in [0.25, 0.3) is 0 Å². The highest BCUT2D eigenvalue weighted by Crippen LogP contribution is 2.22. The number of hydrogen-bond acceptors (Lipinski definition) is 1. The van der Waals surface area contributed by atoms with E-state index in [-0.39, 0.29) is 5.78 Å². The Morgan fingerprint density at radius 3 is 1.96 bits per heavy atom. The van der Waals surface area contributed by atoms with Gasteiger partial charge < -0.3 is 0 Å². The van der Waals surface area contributed by atoms with Crippen molar-refractivity contribution in [1.29, 1.82) is 0 Å². The Morgan fingerprint density at radius 2 is 1.31 bits per heavy atom. The Balaban J connectivity index is 1.45. The molecule has 2 heteroatoms. The molecular formula is C24H23BrO. The van der Waals surface area contributed by atoms with Gasteiger partial charge in [0.2, 0.25) is 0 Å². The monoisotopic (exact) mass is 406 g/mol. The molecule has 0 spiro atoms. The highest BCUT2D eigenvalue weighted by atomic mass is 79.9. The van der Waals surface area contributed by atoms with Gasteiger partial charge in [-0.25, -0.2) is 0 Å². The SMILES string of the molecule is O=C(CCCCCc1ccccc1)c1ccc(-c2ccc(Br)cc2)cc1. The molecule has 0 heterocycles. The maximum Gasteiger partial charge on any atom is 0.162 e. The van der Waals surface area contributed by atoms with Crippen molar-refractivity contribution in [3.8, 4) is 11.1 Å². The molecule has 0 aliphatic rings. The van der Waals surface area contributed by atoms with E-state index in [0.717, 1.165) is 46.8 Å². The van der Waals surface area contributed by atoms with Gasteiger partial charge in [0.15, 0.2) is 5.78 Å². The van der Waals surface area contributed by atoms with E-state index in [4.69, 9.17) is 0 Å². The molecule has 0 atom stereocenters. The third-order valence-corrected chi connectivity index (χ3v) is 5.13. The summed E-state index contributed by atoms with van der Waals surface area (Å²) in [6.07, 6.45) is 4.92. The number of benzene rings is 3. The normalized spacial score (nSPS) is 10.7. The third kappa shape index (κ3) is 5.40. The van der Waals surface area contributed by atoms with Gasteiger partial charge in [-0.2, -0.15) is 0 Å². The fourth-order valence-corrected chi connectivity index (χ4v) is 3.34. The topological polar surface area (TPSA) is 17.1 Å². The van der Waals surface area contributed by atoms with E-state index < -0.39 is 0 Å². The molecule has 0 unspecified atom stereocenters. The minimum atomic E-state index is 0.243. The van der Waals surface area contributed by atoms with Crippen molar-refractivity contribution in [2.75, 3.05) is 0 Å². The van der Waals surface area contributed by atoms with Crippen molar-refractivity contribution < 1.29 is 4.79 Å². The van der Waals surface area contributed by atoms with E-state index >= 15 is 0 Å². The molecule has 1 nitrogen and oxygen atoms in total. The Hall–Kier alpha value is -2.19. The molecule has 3 aromatic rings. The highest BCUT2D eigenvalue weighted by molar-refractivity contribution is 9.10. The highest BCUT2D eigenvalue weighted by Gasteiger charge is 2.06. The van der Waals surface area contributed by atoms with Gasteiger partial charge in [-0.1, -0.05) is 89.1 Å². The summed E-state index contributed by atoms with van der Waals surface area (Å²) < 4.78 is 1.07. The molecule has 0 saturated heterocycles. The van der Waals surface area contributed by atoms with Crippen LogP contribution in [0, 0.1) is 0 Å². The Labute approximate surface area is 164 Å². The number of ketones is 1. The van der Waals surface area contributed by atoms with Crippen molar-refractivity contribution in [3.05, 3.63) is 94.5 Å². The van der Waals surface area contributed by atoms with E-state index in [0.29, 0.717) is 6.42 Å². The van der Waals surface area contributed by atoms with Crippen LogP contribution in [0.5, 0.6) is 0 Å². The molecule has 3 rings (SSSR count). The minimum Gasteiger partial charge on any atom is -0.294 e. The Bertz CT molecular complexity index is 820. The van der Waals surface area contributed by atoms with E-state index in [1.54, 1.807) is 0 Å². The zero-order valence-corrected chi connectivity index (χ0v) is 16.4. The summed E-state index contributed by atoms with van der Waals surface area (Å²) in [7, 11) is 0. The number of rotatable bonds is 8. The lowest BCUT2D eigenvalue weighted by molar-refractivity contribution is 0.0979. The van der Waals surface area contributed by atoms with Crippen LogP contribution in [0.15, 0.2) is 83.3 Å². The van der Waals surface area contributed by atoms with Crippen molar-refractivity contribution in [2.45, 2.75) is 32.1 Å². The number of unbranched alkanes of at least 4 members (excludes halogenated alkanes) is 2. The first kappa shape index (κ1) is 18.6. The summed E-state index contributed by atoms with van der Waals surface area (Å²) in [5.41, 5.74) is 4.49. The Kier molecular flexibility index (Phi) is 6.79. The summed E-state index contributed by atoms with van der Waals surface area (Å²) in [4.78, 5) is 12.4. The molecule has 0 radical (unpaired) electrons. The lowest BCUT2D eigenvalue weighted by atomic mass is 9.99. The fourth-order valence-electron chi connectivity index (χ4n) is 3.07. The second-order valence-electron chi connectivity index (χ2n) is 6.55. The van der Waals surface area contributed by atoms with Gasteiger partial charge >= 0.3 is 0 Å². The minimum absolute atomic E-state index is 0.243. The molecule has 0 bridgehead atoms. The molecule has 132 valence electrons. The standard InChI is InChI=1S/C24H23BrO/c25-23-17-15-21(16-18-23)20-11-13-22(14-12-20)24(26)10-6-2-5-9-19-7-3-1-4-8-19/h1,3-4,7-8,11-18H,2,5-6,9-10H2. The van der Waals surface area contributed by atoms with Crippen molar-refractivity contribution in [3.63, 3.8) is 0 Å². The summed E-state index contributed by atoms with van der Waals surface area (Å²) in [6.45, 7) is 0. The van der Waals surface area contributed by atoms with Crippen LogP contribution in [0.25, 0.3) is 11.1 Å². The molecule has 0 aromatic heterocycles. The van der Waals surface area contributed by atoms with Gasteiger partial charge in [-0.05, 0) is 48.1 Å². The number of hydrogen-bond donors (Lipinski definition) is 0. The first-order valence-corrected chi connectivity index (χ1v) is 9.95. The molecular weight excluding hydrogens is 384 g/mol. The number of aryl methyl sites for hydroxylation is 1. The van der Waals surface area contributed by atoms with E-state index in [1.165, 1.54) is 5.56 Å². The zero-order chi connectivity index (χ0) is 18.2. The predicted octanol–water partition coefficient (Wildman–Crippen LogP) is 7.10. The largest absolute Gasteiger partial charge is 0.294 e. The number of carbonyl (C=O) groups excluding carboxylic acids is 1. The summed E-state index contributed by atoms with van der Waals surface area (Å²) >= 11 is 3.45. The van der Waals surface area contributed by atoms with Gasteiger partial charge in [-0.3, -0.25) is 4.79 Å². The average Bonchev–Trinajstić information content (AvgIpc) is 2.69. The molecule has 0 N–H and O–H groups in total. The van der Waals surface area contributed by atoms with Crippen LogP contribution >= 0.6 is 15.9 Å². The summed E-state index contributed by atoms with van der Waals surface area (Å²) in [6, 6.07) is 26.7. The molecule has 3 aromatic carbocycles. The quantitative estimate of drug-likeness (QED) is 0.287. The van der Waals surface area contributed by atoms with Gasteiger partial charge in [0.05, 0.1) is 0 Å². The van der Waals surface area contributed by atoms with Crippen LogP contribution in [0.4, 0.5) is 0 Å². The molecule has 0 amide bonds. The second kappa shape index (κ2) is 9.49. The molecule has 0 saturated carbocycles. The third-order valence-electron chi connectivity index (χ3n) is 4.60. The van der Waals surface area contributed by atoms with Crippen molar-refractivity contribution in [1.82, 2.24) is 0 Å². The van der Waals surface area contributed by atoms with Gasteiger partial charge in [0, 0.05) is 16.5 Å². The number of halogens is 1. The zero-order valence-electron chi connectivity index (χ0n) is 14.8. The first-order valence-electron chi connectivity index (χ1n) is 9.15. The van der Waals surface area contributed by atoms with E-state index in [1.807, 2.05) is 42.5 Å². The van der Waals surface area contributed by atoms with E-state index in [2.05, 4.69) is 52.3 Å². The maximum absolute atomic E-state index is 12.4. The lowest BCUT2D eigenvalue weighted by Crippen LogP contribution is -1.99. The van der Waals surface area contributed by atoms with Crippen LogP contribution in [-0.4, -0.2) is 5.78 Å². The van der Waals surface area contributed by atoms with Crippen LogP contribution < -0.4 is 0 Å². The summed E-state index contributed by atoms with van der Waals surface area (Å²) in [5, 5.41) is 0. The van der Waals surface area contributed by atoms with Crippen LogP contribution in [-0.2, 0) is 6.42 Å². The van der Waals surface area contributed by atoms with E-state index in [9.17, 15) is 4.79 Å². The number of carbonyl (C=O) groups is 1. The average molecular weight is 407 g/mol. The van der Waals surface area contributed by atoms with Crippen LogP contribution in [0.2, 0.25) is 0 Å². The first-order chi connectivity index (χ1) is 12.7. The fraction of sp³-hybridized carbons (Fsp3) is 0.208. The smallest absolute Gasteiger partial charge is 0.162 e. The van der Waals surface area contributed by atoms with Gasteiger partial charge in [-0.15, -0.1) is 0 Å². The maximum atomic E-state index is 12.4. The van der Waals surface area contributed by atoms with Crippen molar-refractivity contribution >= 4 is 21.7 Å². The lowest BCUT2D eigenvalue weighted by Gasteiger charge is -2.05. The predicted molar refractivity (Wildman–Crippen MR) is 113 cm³/mol. The molecule has 0 aliphatic carbocycles. The molecule has 0 fully saturated rings. The number of Topliss-reactive ketones (excluding diaryl/α,β-unsaturated/α-hetero) is 1. The second-order valence-corrected chi connectivity index (χ2v) is 7.47. The van der Waals surface area contributed by atoms with Gasteiger partial charge in [0.1, 0.15) is 0 Å². The van der Waals surface area contributed by atoms with Crippen LogP contribution in [0.3, 0.4) is 0 Å². The van der Waals surface area contributed by atoms with Crippen LogP contribution in [0.1, 0.15) is 41.6 Å². The molecule has 0 aliphatic heterocycles. The van der Waals surface area contributed by atoms with Crippen molar-refractivity contribution in [2.24, 2.45) is 0 Å².